The van der Waals surface area contributed by atoms with Gasteiger partial charge in [-0.25, -0.2) is 4.98 Å². The third-order valence-corrected chi connectivity index (χ3v) is 2.97. The number of nitrogens with one attached hydrogen (secondary N) is 2. The van der Waals surface area contributed by atoms with E-state index in [9.17, 15) is 0 Å². The molecule has 2 N–H and O–H groups in total. The number of aromatic amines is 1. The van der Waals surface area contributed by atoms with Crippen molar-refractivity contribution in [3.05, 3.63) is 18.2 Å². The lowest BCUT2D eigenvalue weighted by Crippen LogP contribution is -2.32. The SMILES string of the molecule is CN1CCC(NCCCc2ncc[nH]2)C1. The quantitative estimate of drug-likeness (QED) is 0.698. The molecule has 4 heteroatoms. The summed E-state index contributed by atoms with van der Waals surface area (Å²) < 4.78 is 0. The molecule has 2 rings (SSSR count). The van der Waals surface area contributed by atoms with Gasteiger partial charge in [-0.2, -0.15) is 0 Å². The third kappa shape index (κ3) is 3.32. The highest BCUT2D eigenvalue weighted by molar-refractivity contribution is 4.87. The maximum absolute atomic E-state index is 4.21. The Labute approximate surface area is 91.1 Å². The fourth-order valence-electron chi connectivity index (χ4n) is 2.10. The fourth-order valence-corrected chi connectivity index (χ4v) is 2.10. The Morgan fingerprint density at radius 3 is 3.27 bits per heavy atom. The third-order valence-electron chi connectivity index (χ3n) is 2.97. The summed E-state index contributed by atoms with van der Waals surface area (Å²) >= 11 is 0. The van der Waals surface area contributed by atoms with Crippen molar-refractivity contribution in [3.8, 4) is 0 Å². The number of hydrogen-bond acceptors (Lipinski definition) is 3. The van der Waals surface area contributed by atoms with Crippen LogP contribution in [0.5, 0.6) is 0 Å². The van der Waals surface area contributed by atoms with Gasteiger partial charge >= 0.3 is 0 Å². The highest BCUT2D eigenvalue weighted by Gasteiger charge is 2.17. The first-order valence-corrected chi connectivity index (χ1v) is 5.75. The lowest BCUT2D eigenvalue weighted by molar-refractivity contribution is 0.397. The Kier molecular flexibility index (Phi) is 3.75. The Morgan fingerprint density at radius 2 is 2.60 bits per heavy atom. The molecule has 15 heavy (non-hydrogen) atoms. The predicted molar refractivity (Wildman–Crippen MR) is 60.8 cm³/mol. The van der Waals surface area contributed by atoms with Crippen LogP contribution in [0.2, 0.25) is 0 Å². The molecule has 1 saturated heterocycles. The smallest absolute Gasteiger partial charge is 0.106 e. The lowest BCUT2D eigenvalue weighted by atomic mass is 10.2. The number of likely N-dealkylation sites (tertiary alicyclic amines) is 1. The molecule has 1 aliphatic rings. The van der Waals surface area contributed by atoms with Crippen LogP contribution in [0.3, 0.4) is 0 Å². The lowest BCUT2D eigenvalue weighted by Gasteiger charge is -2.12. The molecule has 1 fully saturated rings. The summed E-state index contributed by atoms with van der Waals surface area (Å²) in [6.07, 6.45) is 7.19. The van der Waals surface area contributed by atoms with Crippen molar-refractivity contribution in [2.75, 3.05) is 26.7 Å². The van der Waals surface area contributed by atoms with E-state index >= 15 is 0 Å². The molecular weight excluding hydrogens is 188 g/mol. The monoisotopic (exact) mass is 208 g/mol. The molecular formula is C11H20N4. The Hall–Kier alpha value is -0.870. The van der Waals surface area contributed by atoms with Crippen LogP contribution in [-0.4, -0.2) is 47.6 Å². The number of aromatic nitrogens is 2. The second-order valence-corrected chi connectivity index (χ2v) is 4.34. The van der Waals surface area contributed by atoms with Crippen LogP contribution in [0, 0.1) is 0 Å². The van der Waals surface area contributed by atoms with Crippen LogP contribution < -0.4 is 5.32 Å². The molecule has 0 saturated carbocycles. The van der Waals surface area contributed by atoms with Crippen LogP contribution in [-0.2, 0) is 6.42 Å². The summed E-state index contributed by atoms with van der Waals surface area (Å²) in [5.41, 5.74) is 0. The van der Waals surface area contributed by atoms with E-state index in [1.807, 2.05) is 12.4 Å². The topological polar surface area (TPSA) is 44.0 Å². The Morgan fingerprint density at radius 1 is 1.67 bits per heavy atom. The summed E-state index contributed by atoms with van der Waals surface area (Å²) in [4.78, 5) is 9.71. The highest BCUT2D eigenvalue weighted by Crippen LogP contribution is 2.05. The molecule has 1 aliphatic heterocycles. The molecule has 0 spiro atoms. The average Bonchev–Trinajstić information content (AvgIpc) is 2.84. The van der Waals surface area contributed by atoms with Gasteiger partial charge in [-0.3, -0.25) is 0 Å². The summed E-state index contributed by atoms with van der Waals surface area (Å²) in [5, 5.41) is 3.59. The average molecular weight is 208 g/mol. The van der Waals surface area contributed by atoms with Crippen molar-refractivity contribution < 1.29 is 0 Å². The van der Waals surface area contributed by atoms with E-state index in [-0.39, 0.29) is 0 Å². The van der Waals surface area contributed by atoms with Crippen molar-refractivity contribution in [1.82, 2.24) is 20.2 Å². The molecule has 0 radical (unpaired) electrons. The van der Waals surface area contributed by atoms with Gasteiger partial charge in [-0.15, -0.1) is 0 Å². The van der Waals surface area contributed by atoms with E-state index < -0.39 is 0 Å². The van der Waals surface area contributed by atoms with Gasteiger partial charge in [0.2, 0.25) is 0 Å². The Balaban J connectivity index is 1.55. The van der Waals surface area contributed by atoms with Crippen molar-refractivity contribution in [3.63, 3.8) is 0 Å². The first-order valence-electron chi connectivity index (χ1n) is 5.75. The zero-order valence-corrected chi connectivity index (χ0v) is 9.37. The fraction of sp³-hybridized carbons (Fsp3) is 0.727. The molecule has 0 aliphatic carbocycles. The molecule has 0 bridgehead atoms. The molecule has 84 valence electrons. The van der Waals surface area contributed by atoms with E-state index in [2.05, 4.69) is 27.2 Å². The summed E-state index contributed by atoms with van der Waals surface area (Å²) in [5.74, 6) is 1.10. The van der Waals surface area contributed by atoms with Gasteiger partial charge in [-0.1, -0.05) is 0 Å². The normalized spacial score (nSPS) is 22.3. The van der Waals surface area contributed by atoms with Crippen LogP contribution >= 0.6 is 0 Å². The van der Waals surface area contributed by atoms with Gasteiger partial charge in [0.05, 0.1) is 0 Å². The number of aryl methyl sites for hydroxylation is 1. The Bertz CT molecular complexity index is 270. The number of likely N-dealkylation sites (N-methyl/N-ethyl adjacent to an activating group) is 1. The molecule has 0 amide bonds. The first-order chi connectivity index (χ1) is 7.34. The minimum Gasteiger partial charge on any atom is -0.349 e. The van der Waals surface area contributed by atoms with Gasteiger partial charge in [0.1, 0.15) is 5.82 Å². The standard InChI is InChI=1S/C11H20N4/c1-15-8-4-10(9-15)12-5-2-3-11-13-6-7-14-11/h6-7,10,12H,2-5,8-9H2,1H3,(H,13,14). The van der Waals surface area contributed by atoms with Crippen LogP contribution in [0.1, 0.15) is 18.7 Å². The molecule has 1 aromatic heterocycles. The van der Waals surface area contributed by atoms with E-state index in [0.29, 0.717) is 6.04 Å². The van der Waals surface area contributed by atoms with Gasteiger partial charge in [-0.05, 0) is 33.0 Å². The van der Waals surface area contributed by atoms with Crippen LogP contribution in [0.15, 0.2) is 12.4 Å². The molecule has 4 nitrogen and oxygen atoms in total. The van der Waals surface area contributed by atoms with E-state index in [0.717, 1.165) is 25.2 Å². The van der Waals surface area contributed by atoms with Crippen molar-refractivity contribution >= 4 is 0 Å². The minimum atomic E-state index is 0.701. The van der Waals surface area contributed by atoms with Crippen LogP contribution in [0.25, 0.3) is 0 Å². The first kappa shape index (κ1) is 10.6. The largest absolute Gasteiger partial charge is 0.349 e. The van der Waals surface area contributed by atoms with Crippen molar-refractivity contribution in [1.29, 1.82) is 0 Å². The maximum atomic E-state index is 4.21. The molecule has 1 atom stereocenters. The molecule has 1 unspecified atom stereocenters. The minimum absolute atomic E-state index is 0.701. The molecule has 2 heterocycles. The summed E-state index contributed by atoms with van der Waals surface area (Å²) in [6, 6.07) is 0.701. The number of imidazole rings is 1. The van der Waals surface area contributed by atoms with E-state index in [1.54, 1.807) is 0 Å². The van der Waals surface area contributed by atoms with Gasteiger partial charge < -0.3 is 15.2 Å². The van der Waals surface area contributed by atoms with Crippen molar-refractivity contribution in [2.24, 2.45) is 0 Å². The summed E-state index contributed by atoms with van der Waals surface area (Å²) in [7, 11) is 2.19. The zero-order chi connectivity index (χ0) is 10.5. The number of hydrogen-bond donors (Lipinski definition) is 2. The van der Waals surface area contributed by atoms with E-state index in [1.165, 1.54) is 19.5 Å². The van der Waals surface area contributed by atoms with Crippen molar-refractivity contribution in [2.45, 2.75) is 25.3 Å². The second-order valence-electron chi connectivity index (χ2n) is 4.34. The van der Waals surface area contributed by atoms with Gasteiger partial charge in [0.15, 0.2) is 0 Å². The predicted octanol–water partition coefficient (Wildman–Crippen LogP) is 0.636. The molecule has 0 aromatic carbocycles. The van der Waals surface area contributed by atoms with E-state index in [4.69, 9.17) is 0 Å². The summed E-state index contributed by atoms with van der Waals surface area (Å²) in [6.45, 7) is 3.52. The van der Waals surface area contributed by atoms with Gasteiger partial charge in [0, 0.05) is 31.4 Å². The van der Waals surface area contributed by atoms with Gasteiger partial charge in [0.25, 0.3) is 0 Å². The van der Waals surface area contributed by atoms with Crippen LogP contribution in [0.4, 0.5) is 0 Å². The number of nitrogens with zero attached hydrogens (tertiary/aromatic N) is 2. The zero-order valence-electron chi connectivity index (χ0n) is 9.37. The highest BCUT2D eigenvalue weighted by atomic mass is 15.2. The number of H-pyrrole nitrogens is 1. The second kappa shape index (κ2) is 5.28. The maximum Gasteiger partial charge on any atom is 0.106 e. The number of rotatable bonds is 5. The molecule has 1 aromatic rings.